The van der Waals surface area contributed by atoms with Crippen molar-refractivity contribution in [3.8, 4) is 17.0 Å². The van der Waals surface area contributed by atoms with E-state index < -0.39 is 0 Å². The van der Waals surface area contributed by atoms with Crippen molar-refractivity contribution in [2.24, 2.45) is 0 Å². The van der Waals surface area contributed by atoms with Gasteiger partial charge in [0.15, 0.2) is 0 Å². The normalized spacial score (nSPS) is 10.9. The Hall–Kier alpha value is -2.36. The summed E-state index contributed by atoms with van der Waals surface area (Å²) in [5.74, 6) is 0.154. The molecule has 3 nitrogen and oxygen atoms in total. The first-order chi connectivity index (χ1) is 9.20. The van der Waals surface area contributed by atoms with Crippen LogP contribution in [0.25, 0.3) is 16.9 Å². The Balaban J connectivity index is 2.28. The number of rotatable bonds is 2. The monoisotopic (exact) mass is 256 g/mol. The zero-order valence-electron chi connectivity index (χ0n) is 10.7. The lowest BCUT2D eigenvalue weighted by molar-refractivity contribution is 0.413. The van der Waals surface area contributed by atoms with Crippen molar-refractivity contribution in [1.29, 1.82) is 0 Å². The predicted octanol–water partition coefficient (Wildman–Crippen LogP) is 3.46. The van der Waals surface area contributed by atoms with Crippen LogP contribution in [0.15, 0.2) is 42.7 Å². The molecular formula is C15H13FN2O. The first-order valence-corrected chi connectivity index (χ1v) is 5.98. The van der Waals surface area contributed by atoms with E-state index in [1.165, 1.54) is 13.2 Å². The highest BCUT2D eigenvalue weighted by Gasteiger charge is 2.15. The summed E-state index contributed by atoms with van der Waals surface area (Å²) in [6, 6.07) is 8.68. The van der Waals surface area contributed by atoms with Gasteiger partial charge in [-0.1, -0.05) is 12.1 Å². The molecule has 0 amide bonds. The fraction of sp³-hybridized carbons (Fsp3) is 0.133. The largest absolute Gasteiger partial charge is 0.496 e. The predicted molar refractivity (Wildman–Crippen MR) is 71.9 cm³/mol. The maximum atomic E-state index is 14.0. The topological polar surface area (TPSA) is 26.5 Å². The molecule has 0 bridgehead atoms. The van der Waals surface area contributed by atoms with Crippen LogP contribution in [0.3, 0.4) is 0 Å². The number of ether oxygens (including phenoxy) is 1. The van der Waals surface area contributed by atoms with Gasteiger partial charge in [-0.15, -0.1) is 0 Å². The minimum atomic E-state index is -0.333. The number of pyridine rings is 1. The Morgan fingerprint density at radius 3 is 2.79 bits per heavy atom. The molecule has 0 aliphatic heterocycles. The third-order valence-electron chi connectivity index (χ3n) is 3.13. The van der Waals surface area contributed by atoms with Crippen LogP contribution in [-0.2, 0) is 0 Å². The van der Waals surface area contributed by atoms with Crippen LogP contribution in [0, 0.1) is 12.7 Å². The minimum Gasteiger partial charge on any atom is -0.496 e. The molecule has 1 aromatic carbocycles. The summed E-state index contributed by atoms with van der Waals surface area (Å²) in [4.78, 5) is 4.49. The Kier molecular flexibility index (Phi) is 2.71. The van der Waals surface area contributed by atoms with Gasteiger partial charge in [-0.25, -0.2) is 9.37 Å². The second-order valence-corrected chi connectivity index (χ2v) is 4.37. The molecule has 3 rings (SSSR count). The molecule has 0 atom stereocenters. The number of hydrogen-bond acceptors (Lipinski definition) is 2. The molecule has 0 unspecified atom stereocenters. The van der Waals surface area contributed by atoms with Gasteiger partial charge in [-0.3, -0.25) is 0 Å². The summed E-state index contributed by atoms with van der Waals surface area (Å²) in [6.45, 7) is 1.98. The number of imidazole rings is 1. The average Bonchev–Trinajstić information content (AvgIpc) is 2.83. The molecule has 0 spiro atoms. The van der Waals surface area contributed by atoms with E-state index in [9.17, 15) is 4.39 Å². The van der Waals surface area contributed by atoms with Gasteiger partial charge in [0, 0.05) is 12.4 Å². The summed E-state index contributed by atoms with van der Waals surface area (Å²) in [5.41, 5.74) is 2.84. The van der Waals surface area contributed by atoms with Gasteiger partial charge in [0.25, 0.3) is 0 Å². The van der Waals surface area contributed by atoms with Gasteiger partial charge in [-0.2, -0.15) is 0 Å². The molecule has 19 heavy (non-hydrogen) atoms. The maximum absolute atomic E-state index is 14.0. The van der Waals surface area contributed by atoms with Crippen molar-refractivity contribution in [3.05, 3.63) is 54.1 Å². The molecule has 0 saturated carbocycles. The van der Waals surface area contributed by atoms with Crippen LogP contribution in [0.2, 0.25) is 0 Å². The number of nitrogens with zero attached hydrogens (tertiary/aromatic N) is 2. The van der Waals surface area contributed by atoms with Gasteiger partial charge in [0.1, 0.15) is 17.2 Å². The molecule has 2 aromatic heterocycles. The summed E-state index contributed by atoms with van der Waals surface area (Å²) in [6.07, 6.45) is 3.70. The number of fused-ring (bicyclic) bond motifs is 1. The Bertz CT molecular complexity index is 749. The fourth-order valence-electron chi connectivity index (χ4n) is 2.20. The van der Waals surface area contributed by atoms with E-state index in [0.717, 1.165) is 11.2 Å². The van der Waals surface area contributed by atoms with E-state index in [-0.39, 0.29) is 5.82 Å². The molecule has 3 aromatic rings. The Labute approximate surface area is 110 Å². The highest BCUT2D eigenvalue weighted by molar-refractivity contribution is 5.70. The number of methoxy groups -OCH3 is 1. The highest BCUT2D eigenvalue weighted by Crippen LogP contribution is 2.32. The van der Waals surface area contributed by atoms with Crippen LogP contribution in [0.1, 0.15) is 5.56 Å². The maximum Gasteiger partial charge on any atom is 0.140 e. The first kappa shape index (κ1) is 11.7. The number of hydrogen-bond donors (Lipinski definition) is 0. The zero-order chi connectivity index (χ0) is 13.4. The van der Waals surface area contributed by atoms with Gasteiger partial charge in [-0.05, 0) is 30.7 Å². The third kappa shape index (κ3) is 1.85. The van der Waals surface area contributed by atoms with Crippen molar-refractivity contribution in [2.45, 2.75) is 6.92 Å². The van der Waals surface area contributed by atoms with Crippen molar-refractivity contribution >= 4 is 5.65 Å². The quantitative estimate of drug-likeness (QED) is 0.702. The van der Waals surface area contributed by atoms with Crippen molar-refractivity contribution < 1.29 is 9.13 Å². The third-order valence-corrected chi connectivity index (χ3v) is 3.13. The fourth-order valence-corrected chi connectivity index (χ4v) is 2.20. The lowest BCUT2D eigenvalue weighted by Gasteiger charge is -2.06. The van der Waals surface area contributed by atoms with E-state index in [1.807, 2.05) is 35.9 Å². The molecule has 0 N–H and O–H groups in total. The summed E-state index contributed by atoms with van der Waals surface area (Å²) >= 11 is 0. The van der Waals surface area contributed by atoms with E-state index >= 15 is 0 Å². The molecule has 2 heterocycles. The van der Waals surface area contributed by atoms with Gasteiger partial charge in [0.2, 0.25) is 0 Å². The van der Waals surface area contributed by atoms with Crippen molar-refractivity contribution in [3.63, 3.8) is 0 Å². The minimum absolute atomic E-state index is 0.333. The Morgan fingerprint density at radius 2 is 2.05 bits per heavy atom. The Morgan fingerprint density at radius 1 is 1.21 bits per heavy atom. The van der Waals surface area contributed by atoms with E-state index in [0.29, 0.717) is 17.0 Å². The molecule has 0 radical (unpaired) electrons. The standard InChI is InChI=1S/C15H13FN2O/c1-10-5-4-8-18-9-12(17-15(10)18)14-11(16)6-3-7-13(14)19-2/h3-9H,1-2H3. The smallest absolute Gasteiger partial charge is 0.140 e. The van der Waals surface area contributed by atoms with Crippen LogP contribution in [0.5, 0.6) is 5.75 Å². The first-order valence-electron chi connectivity index (χ1n) is 5.98. The molecule has 4 heteroatoms. The van der Waals surface area contributed by atoms with Crippen LogP contribution >= 0.6 is 0 Å². The number of aryl methyl sites for hydroxylation is 1. The lowest BCUT2D eigenvalue weighted by Crippen LogP contribution is -1.91. The molecule has 0 saturated heterocycles. The number of aromatic nitrogens is 2. The van der Waals surface area contributed by atoms with E-state index in [2.05, 4.69) is 4.98 Å². The van der Waals surface area contributed by atoms with Gasteiger partial charge < -0.3 is 9.14 Å². The van der Waals surface area contributed by atoms with E-state index in [4.69, 9.17) is 4.74 Å². The summed E-state index contributed by atoms with van der Waals surface area (Å²) in [7, 11) is 1.53. The second kappa shape index (κ2) is 4.39. The van der Waals surface area contributed by atoms with Gasteiger partial charge in [0.05, 0.1) is 18.4 Å². The van der Waals surface area contributed by atoms with Crippen LogP contribution in [-0.4, -0.2) is 16.5 Å². The SMILES string of the molecule is COc1cccc(F)c1-c1cn2cccc(C)c2n1. The summed E-state index contributed by atoms with van der Waals surface area (Å²) in [5, 5.41) is 0. The number of halogens is 1. The average molecular weight is 256 g/mol. The van der Waals surface area contributed by atoms with E-state index in [1.54, 1.807) is 12.1 Å². The van der Waals surface area contributed by atoms with Crippen molar-refractivity contribution in [1.82, 2.24) is 9.38 Å². The molecule has 0 fully saturated rings. The molecule has 0 aliphatic carbocycles. The molecular weight excluding hydrogens is 243 g/mol. The molecule has 0 aliphatic rings. The highest BCUT2D eigenvalue weighted by atomic mass is 19.1. The van der Waals surface area contributed by atoms with Crippen LogP contribution < -0.4 is 4.74 Å². The zero-order valence-corrected chi connectivity index (χ0v) is 10.7. The van der Waals surface area contributed by atoms with Crippen LogP contribution in [0.4, 0.5) is 4.39 Å². The molecule has 96 valence electrons. The second-order valence-electron chi connectivity index (χ2n) is 4.37. The number of benzene rings is 1. The summed E-state index contributed by atoms with van der Waals surface area (Å²) < 4.78 is 21.1. The van der Waals surface area contributed by atoms with Crippen molar-refractivity contribution in [2.75, 3.05) is 7.11 Å². The lowest BCUT2D eigenvalue weighted by atomic mass is 10.1. The van der Waals surface area contributed by atoms with Gasteiger partial charge >= 0.3 is 0 Å².